The Hall–Kier alpha value is -0.930. The predicted molar refractivity (Wildman–Crippen MR) is 75.5 cm³/mol. The third-order valence-corrected chi connectivity index (χ3v) is 4.82. The van der Waals surface area contributed by atoms with Crippen molar-refractivity contribution in [3.05, 3.63) is 35.6 Å². The maximum absolute atomic E-state index is 13.4. The lowest BCUT2D eigenvalue weighted by Crippen LogP contribution is -2.60. The Balaban J connectivity index is 1.74. The highest BCUT2D eigenvalue weighted by atomic mass is 19.1. The van der Waals surface area contributed by atoms with Gasteiger partial charge in [0.15, 0.2) is 0 Å². The van der Waals surface area contributed by atoms with Gasteiger partial charge >= 0.3 is 0 Å². The van der Waals surface area contributed by atoms with Gasteiger partial charge in [-0.2, -0.15) is 0 Å². The van der Waals surface area contributed by atoms with E-state index in [-0.39, 0.29) is 17.4 Å². The van der Waals surface area contributed by atoms with Crippen molar-refractivity contribution in [2.24, 2.45) is 5.92 Å². The molecule has 1 heterocycles. The minimum Gasteiger partial charge on any atom is -0.309 e. The fourth-order valence-electron chi connectivity index (χ4n) is 3.34. The second-order valence-electron chi connectivity index (χ2n) is 6.32. The van der Waals surface area contributed by atoms with Crippen LogP contribution in [0.25, 0.3) is 0 Å². The van der Waals surface area contributed by atoms with E-state index >= 15 is 0 Å². The molecule has 0 spiro atoms. The summed E-state index contributed by atoms with van der Waals surface area (Å²) >= 11 is 0. The van der Waals surface area contributed by atoms with E-state index in [1.54, 1.807) is 6.07 Å². The molecule has 3 rings (SSSR count). The quantitative estimate of drug-likeness (QED) is 0.901. The first kappa shape index (κ1) is 13.1. The van der Waals surface area contributed by atoms with Crippen LogP contribution in [0.4, 0.5) is 4.39 Å². The van der Waals surface area contributed by atoms with Crippen molar-refractivity contribution in [2.75, 3.05) is 19.6 Å². The smallest absolute Gasteiger partial charge is 0.123 e. The van der Waals surface area contributed by atoms with Crippen molar-refractivity contribution >= 4 is 0 Å². The van der Waals surface area contributed by atoms with Crippen LogP contribution in [0.5, 0.6) is 0 Å². The number of benzene rings is 1. The lowest BCUT2D eigenvalue weighted by Gasteiger charge is -2.44. The van der Waals surface area contributed by atoms with Gasteiger partial charge in [0.05, 0.1) is 0 Å². The number of halogens is 1. The summed E-state index contributed by atoms with van der Waals surface area (Å²) in [5.74, 6) is 0.694. The summed E-state index contributed by atoms with van der Waals surface area (Å²) in [7, 11) is 0. The molecule has 1 aromatic rings. The molecule has 2 aliphatic rings. The lowest BCUT2D eigenvalue weighted by molar-refractivity contribution is 0.0945. The molecule has 0 amide bonds. The van der Waals surface area contributed by atoms with Crippen molar-refractivity contribution in [1.29, 1.82) is 0 Å². The Kier molecular flexibility index (Phi) is 3.35. The summed E-state index contributed by atoms with van der Waals surface area (Å²) in [4.78, 5) is 2.49. The average Bonchev–Trinajstić information content (AvgIpc) is 3.22. The Bertz CT molecular complexity index is 458. The molecule has 2 nitrogen and oxygen atoms in total. The Morgan fingerprint density at radius 1 is 1.42 bits per heavy atom. The van der Waals surface area contributed by atoms with Gasteiger partial charge < -0.3 is 5.32 Å². The number of rotatable bonds is 3. The highest BCUT2D eigenvalue weighted by molar-refractivity contribution is 5.20. The van der Waals surface area contributed by atoms with Gasteiger partial charge in [-0.05, 0) is 50.3 Å². The summed E-state index contributed by atoms with van der Waals surface area (Å²) in [6.07, 6.45) is 2.71. The third-order valence-electron chi connectivity index (χ3n) is 4.82. The minimum absolute atomic E-state index is 0.135. The third kappa shape index (κ3) is 2.67. The molecular formula is C16H23FN2. The molecule has 0 radical (unpaired) electrons. The fourth-order valence-corrected chi connectivity index (χ4v) is 3.34. The van der Waals surface area contributed by atoms with Gasteiger partial charge in [0.25, 0.3) is 0 Å². The first-order chi connectivity index (χ1) is 9.08. The molecule has 19 heavy (non-hydrogen) atoms. The van der Waals surface area contributed by atoms with Crippen molar-refractivity contribution in [3.8, 4) is 0 Å². The van der Waals surface area contributed by atoms with Crippen molar-refractivity contribution in [3.63, 3.8) is 0 Å². The molecule has 1 N–H and O–H groups in total. The van der Waals surface area contributed by atoms with E-state index < -0.39 is 0 Å². The van der Waals surface area contributed by atoms with Crippen LogP contribution in [0.2, 0.25) is 0 Å². The van der Waals surface area contributed by atoms with Gasteiger partial charge in [0.2, 0.25) is 0 Å². The van der Waals surface area contributed by atoms with Crippen LogP contribution < -0.4 is 5.32 Å². The first-order valence-corrected chi connectivity index (χ1v) is 7.33. The highest BCUT2D eigenvalue weighted by Gasteiger charge is 2.44. The number of hydrogen-bond donors (Lipinski definition) is 1. The molecule has 1 saturated carbocycles. The molecule has 2 fully saturated rings. The van der Waals surface area contributed by atoms with Crippen LogP contribution in [0.1, 0.15) is 38.3 Å². The Morgan fingerprint density at radius 2 is 2.21 bits per heavy atom. The van der Waals surface area contributed by atoms with Gasteiger partial charge in [-0.25, -0.2) is 4.39 Å². The summed E-state index contributed by atoms with van der Waals surface area (Å²) < 4.78 is 13.4. The van der Waals surface area contributed by atoms with Gasteiger partial charge in [-0.3, -0.25) is 4.90 Å². The molecule has 0 aromatic heterocycles. The fraction of sp³-hybridized carbons (Fsp3) is 0.625. The van der Waals surface area contributed by atoms with E-state index in [4.69, 9.17) is 0 Å². The molecule has 0 bridgehead atoms. The standard InChI is InChI=1S/C16H23FN2/c1-12(13-4-3-5-15(17)10-13)19-9-8-18-16(2,11-19)14-6-7-14/h3-5,10,12,14,18H,6-9,11H2,1-2H3. The van der Waals surface area contributed by atoms with Crippen LogP contribution >= 0.6 is 0 Å². The molecule has 3 heteroatoms. The second kappa shape index (κ2) is 4.88. The number of nitrogens with zero attached hydrogens (tertiary/aromatic N) is 1. The zero-order chi connectivity index (χ0) is 13.5. The van der Waals surface area contributed by atoms with E-state index in [2.05, 4.69) is 24.1 Å². The number of nitrogens with one attached hydrogen (secondary N) is 1. The zero-order valence-electron chi connectivity index (χ0n) is 11.8. The predicted octanol–water partition coefficient (Wildman–Crippen LogP) is 2.96. The molecule has 1 aromatic carbocycles. The summed E-state index contributed by atoms with van der Waals surface area (Å²) in [5, 5.41) is 3.69. The highest BCUT2D eigenvalue weighted by Crippen LogP contribution is 2.41. The van der Waals surface area contributed by atoms with E-state index in [9.17, 15) is 4.39 Å². The SMILES string of the molecule is CC(c1cccc(F)c1)N1CCNC(C)(C2CC2)C1. The molecule has 2 atom stereocenters. The molecule has 1 aliphatic carbocycles. The van der Waals surface area contributed by atoms with Crippen LogP contribution in [-0.2, 0) is 0 Å². The van der Waals surface area contributed by atoms with E-state index in [1.807, 2.05) is 12.1 Å². The normalized spacial score (nSPS) is 30.3. The first-order valence-electron chi connectivity index (χ1n) is 7.33. The van der Waals surface area contributed by atoms with Crippen molar-refractivity contribution in [1.82, 2.24) is 10.2 Å². The molecule has 2 unspecified atom stereocenters. The summed E-state index contributed by atoms with van der Waals surface area (Å²) in [5.41, 5.74) is 1.33. The van der Waals surface area contributed by atoms with Crippen LogP contribution in [0.15, 0.2) is 24.3 Å². The zero-order valence-corrected chi connectivity index (χ0v) is 11.8. The molecule has 104 valence electrons. The number of piperazine rings is 1. The van der Waals surface area contributed by atoms with E-state index in [0.29, 0.717) is 0 Å². The maximum atomic E-state index is 13.4. The molecular weight excluding hydrogens is 239 g/mol. The van der Waals surface area contributed by atoms with Crippen LogP contribution in [-0.4, -0.2) is 30.1 Å². The van der Waals surface area contributed by atoms with Crippen LogP contribution in [0.3, 0.4) is 0 Å². The second-order valence-corrected chi connectivity index (χ2v) is 6.32. The van der Waals surface area contributed by atoms with E-state index in [1.165, 1.54) is 18.9 Å². The number of hydrogen-bond acceptors (Lipinski definition) is 2. The van der Waals surface area contributed by atoms with Crippen molar-refractivity contribution in [2.45, 2.75) is 38.3 Å². The summed E-state index contributed by atoms with van der Waals surface area (Å²) in [6, 6.07) is 7.31. The largest absolute Gasteiger partial charge is 0.309 e. The van der Waals surface area contributed by atoms with E-state index in [0.717, 1.165) is 31.1 Å². The average molecular weight is 262 g/mol. The molecule has 1 aliphatic heterocycles. The topological polar surface area (TPSA) is 15.3 Å². The summed E-state index contributed by atoms with van der Waals surface area (Å²) in [6.45, 7) is 7.67. The maximum Gasteiger partial charge on any atom is 0.123 e. The van der Waals surface area contributed by atoms with Gasteiger partial charge in [0.1, 0.15) is 5.82 Å². The van der Waals surface area contributed by atoms with Crippen molar-refractivity contribution < 1.29 is 4.39 Å². The van der Waals surface area contributed by atoms with Crippen LogP contribution in [0, 0.1) is 11.7 Å². The molecule has 1 saturated heterocycles. The Morgan fingerprint density at radius 3 is 2.89 bits per heavy atom. The van der Waals surface area contributed by atoms with Gasteiger partial charge in [0, 0.05) is 31.2 Å². The monoisotopic (exact) mass is 262 g/mol. The van der Waals surface area contributed by atoms with Gasteiger partial charge in [-0.15, -0.1) is 0 Å². The lowest BCUT2D eigenvalue weighted by atomic mass is 9.91. The van der Waals surface area contributed by atoms with Gasteiger partial charge in [-0.1, -0.05) is 12.1 Å². The minimum atomic E-state index is -0.135. The Labute approximate surface area is 115 Å².